The summed E-state index contributed by atoms with van der Waals surface area (Å²) in [6.07, 6.45) is 8.12. The number of thioether (sulfide) groups is 1. The molecule has 3 aromatic carbocycles. The van der Waals surface area contributed by atoms with Crippen LogP contribution in [0.4, 0.5) is 0 Å². The number of aromatic nitrogens is 1. The summed E-state index contributed by atoms with van der Waals surface area (Å²) in [6, 6.07) is 26.7. The van der Waals surface area contributed by atoms with Crippen LogP contribution < -0.4 is 0 Å². The molecule has 1 aliphatic carbocycles. The zero-order valence-corrected chi connectivity index (χ0v) is 25.1. The number of nitrogens with zero attached hydrogens (tertiary/aromatic N) is 1. The molecule has 1 aromatic heterocycles. The Kier molecular flexibility index (Phi) is 9.18. The molecule has 0 saturated heterocycles. The maximum Gasteiger partial charge on any atom is 0.293 e. The van der Waals surface area contributed by atoms with Gasteiger partial charge in [-0.25, -0.2) is 4.98 Å². The molecule has 1 aliphatic rings. The van der Waals surface area contributed by atoms with Gasteiger partial charge in [-0.2, -0.15) is 11.8 Å². The summed E-state index contributed by atoms with van der Waals surface area (Å²) in [5, 5.41) is 12.7. The molecule has 0 unspecified atom stereocenters. The van der Waals surface area contributed by atoms with Gasteiger partial charge in [0.15, 0.2) is 0 Å². The topological polar surface area (TPSA) is 59.4 Å². The van der Waals surface area contributed by atoms with Gasteiger partial charge in [0, 0.05) is 26.8 Å². The van der Waals surface area contributed by atoms with Gasteiger partial charge in [-0.1, -0.05) is 78.3 Å². The van der Waals surface area contributed by atoms with Crippen LogP contribution in [-0.4, -0.2) is 28.9 Å². The van der Waals surface area contributed by atoms with Gasteiger partial charge in [0.05, 0.1) is 23.4 Å². The Bertz CT molecular complexity index is 1540. The number of carbonyl (C=O) groups excluding carboxylic acids is 1. The van der Waals surface area contributed by atoms with Crippen molar-refractivity contribution < 1.29 is 14.6 Å². The van der Waals surface area contributed by atoms with E-state index in [1.807, 2.05) is 74.1 Å². The highest BCUT2D eigenvalue weighted by atomic mass is 35.5. The second-order valence-corrected chi connectivity index (χ2v) is 13.2. The largest absolute Gasteiger partial charge is 0.467 e. The monoisotopic (exact) mass is 585 g/mol. The molecular formula is C35H36ClNO3S. The average Bonchev–Trinajstić information content (AvgIpc) is 3.74. The molecule has 1 heterocycles. The van der Waals surface area contributed by atoms with E-state index in [9.17, 15) is 9.90 Å². The Labute approximate surface area is 251 Å². The normalized spacial score (nSPS) is 15.2. The third-order valence-electron chi connectivity index (χ3n) is 7.76. The lowest BCUT2D eigenvalue weighted by atomic mass is 9.90. The second-order valence-electron chi connectivity index (χ2n) is 11.5. The first-order valence-electron chi connectivity index (χ1n) is 14.1. The number of ether oxygens (including phenoxy) is 1. The number of pyridine rings is 1. The first-order valence-corrected chi connectivity index (χ1v) is 15.5. The quantitative estimate of drug-likeness (QED) is 0.159. The number of aliphatic hydroxyl groups is 1. The third kappa shape index (κ3) is 7.79. The van der Waals surface area contributed by atoms with Gasteiger partial charge < -0.3 is 9.84 Å². The standard InChI is InChI=1S/C35H36ClNO3S/c1-34(2,39)31-9-4-3-7-26(31)13-17-33(41-23-35(18-19-35)22-40-24-38)28-8-5-6-25(20-28)10-15-30-16-12-27-11-14-29(36)21-32(27)37-30/h3-12,14-16,20-21,24,33,39H,13,17-19,22-23H2,1-2H3/b15-10+/t33-/m1/s1. The van der Waals surface area contributed by atoms with Crippen molar-refractivity contribution in [2.75, 3.05) is 12.4 Å². The van der Waals surface area contributed by atoms with E-state index in [1.54, 1.807) is 0 Å². The minimum absolute atomic E-state index is 0.0942. The van der Waals surface area contributed by atoms with E-state index in [2.05, 4.69) is 42.5 Å². The Hall–Kier alpha value is -3.12. The maximum atomic E-state index is 10.8. The molecule has 0 amide bonds. The molecule has 0 spiro atoms. The summed E-state index contributed by atoms with van der Waals surface area (Å²) >= 11 is 8.12. The van der Waals surface area contributed by atoms with Crippen molar-refractivity contribution in [3.05, 3.63) is 112 Å². The van der Waals surface area contributed by atoms with Crippen LogP contribution in [0.5, 0.6) is 0 Å². The van der Waals surface area contributed by atoms with Gasteiger partial charge in [0.2, 0.25) is 0 Å². The molecular weight excluding hydrogens is 550 g/mol. The molecule has 1 fully saturated rings. The summed E-state index contributed by atoms with van der Waals surface area (Å²) in [6.45, 7) is 4.74. The molecule has 1 N–H and O–H groups in total. The molecule has 0 bridgehead atoms. The zero-order valence-electron chi connectivity index (χ0n) is 23.6. The van der Waals surface area contributed by atoms with Crippen LogP contribution in [0.2, 0.25) is 5.02 Å². The summed E-state index contributed by atoms with van der Waals surface area (Å²) < 4.78 is 5.16. The summed E-state index contributed by atoms with van der Waals surface area (Å²) in [7, 11) is 0. The van der Waals surface area contributed by atoms with Gasteiger partial charge in [-0.05, 0) is 86.1 Å². The Morgan fingerprint density at radius 3 is 2.63 bits per heavy atom. The lowest BCUT2D eigenvalue weighted by Crippen LogP contribution is -2.18. The average molecular weight is 586 g/mol. The van der Waals surface area contributed by atoms with Crippen LogP contribution >= 0.6 is 23.4 Å². The number of hydrogen-bond acceptors (Lipinski definition) is 5. The number of fused-ring (bicyclic) bond motifs is 1. The molecule has 0 aliphatic heterocycles. The molecule has 5 rings (SSSR count). The number of aryl methyl sites for hydroxylation is 1. The van der Waals surface area contributed by atoms with Crippen molar-refractivity contribution in [3.8, 4) is 0 Å². The lowest BCUT2D eigenvalue weighted by Gasteiger charge is -2.24. The zero-order chi connectivity index (χ0) is 28.9. The number of hydrogen-bond donors (Lipinski definition) is 1. The molecule has 4 nitrogen and oxygen atoms in total. The Balaban J connectivity index is 1.36. The van der Waals surface area contributed by atoms with Crippen LogP contribution in [0.3, 0.4) is 0 Å². The van der Waals surface area contributed by atoms with Crippen molar-refractivity contribution in [1.82, 2.24) is 4.98 Å². The predicted octanol–water partition coefficient (Wildman–Crippen LogP) is 8.65. The first-order chi connectivity index (χ1) is 19.7. The number of halogens is 1. The number of benzene rings is 3. The van der Waals surface area contributed by atoms with E-state index >= 15 is 0 Å². The lowest BCUT2D eigenvalue weighted by molar-refractivity contribution is -0.130. The summed E-state index contributed by atoms with van der Waals surface area (Å²) in [5.41, 5.74) is 5.49. The molecule has 41 heavy (non-hydrogen) atoms. The highest BCUT2D eigenvalue weighted by Crippen LogP contribution is 2.51. The molecule has 6 heteroatoms. The van der Waals surface area contributed by atoms with E-state index in [-0.39, 0.29) is 10.7 Å². The number of carbonyl (C=O) groups is 1. The van der Waals surface area contributed by atoms with Gasteiger partial charge in [-0.3, -0.25) is 4.79 Å². The molecule has 4 aromatic rings. The van der Waals surface area contributed by atoms with Crippen molar-refractivity contribution in [1.29, 1.82) is 0 Å². The SMILES string of the molecule is CC(C)(O)c1ccccc1CC[C@@H](SCC1(COC=O)CC1)c1cccc(/C=C/c2ccc3ccc(Cl)cc3n2)c1. The van der Waals surface area contributed by atoms with Crippen molar-refractivity contribution in [3.63, 3.8) is 0 Å². The highest BCUT2D eigenvalue weighted by molar-refractivity contribution is 7.99. The van der Waals surface area contributed by atoms with E-state index in [0.717, 1.165) is 59.2 Å². The Morgan fingerprint density at radius 2 is 1.85 bits per heavy atom. The van der Waals surface area contributed by atoms with Crippen LogP contribution in [0, 0.1) is 5.41 Å². The van der Waals surface area contributed by atoms with Gasteiger partial charge in [0.1, 0.15) is 0 Å². The Morgan fingerprint density at radius 1 is 1.05 bits per heavy atom. The van der Waals surface area contributed by atoms with E-state index in [4.69, 9.17) is 21.3 Å². The molecule has 0 radical (unpaired) electrons. The van der Waals surface area contributed by atoms with Crippen molar-refractivity contribution >= 4 is 52.9 Å². The fraction of sp³-hybridized carbons (Fsp3) is 0.314. The van der Waals surface area contributed by atoms with Gasteiger partial charge in [-0.15, -0.1) is 0 Å². The van der Waals surface area contributed by atoms with Crippen LogP contribution in [0.1, 0.15) is 66.3 Å². The fourth-order valence-electron chi connectivity index (χ4n) is 5.21. The first kappa shape index (κ1) is 29.4. The maximum absolute atomic E-state index is 10.8. The third-order valence-corrected chi connectivity index (χ3v) is 9.69. The van der Waals surface area contributed by atoms with E-state index in [0.29, 0.717) is 18.1 Å². The highest BCUT2D eigenvalue weighted by Gasteiger charge is 2.43. The van der Waals surface area contributed by atoms with E-state index in [1.165, 1.54) is 11.1 Å². The van der Waals surface area contributed by atoms with Crippen LogP contribution in [0.25, 0.3) is 23.1 Å². The van der Waals surface area contributed by atoms with Crippen LogP contribution in [0.15, 0.2) is 78.9 Å². The predicted molar refractivity (Wildman–Crippen MR) is 171 cm³/mol. The molecule has 1 atom stereocenters. The number of rotatable bonds is 13. The smallest absolute Gasteiger partial charge is 0.293 e. The van der Waals surface area contributed by atoms with E-state index < -0.39 is 5.60 Å². The van der Waals surface area contributed by atoms with Crippen molar-refractivity contribution in [2.24, 2.45) is 5.41 Å². The minimum atomic E-state index is -0.893. The minimum Gasteiger partial charge on any atom is -0.467 e. The molecule has 212 valence electrons. The molecule has 1 saturated carbocycles. The summed E-state index contributed by atoms with van der Waals surface area (Å²) in [4.78, 5) is 15.6. The second kappa shape index (κ2) is 12.8. The fourth-order valence-corrected chi connectivity index (χ4v) is 6.92. The van der Waals surface area contributed by atoms with Gasteiger partial charge in [0.25, 0.3) is 6.47 Å². The summed E-state index contributed by atoms with van der Waals surface area (Å²) in [5.74, 6) is 0.947. The van der Waals surface area contributed by atoms with Crippen LogP contribution in [-0.2, 0) is 21.6 Å². The van der Waals surface area contributed by atoms with Gasteiger partial charge >= 0.3 is 0 Å². The van der Waals surface area contributed by atoms with Crippen molar-refractivity contribution in [2.45, 2.75) is 50.4 Å².